The fourth-order valence-electron chi connectivity index (χ4n) is 3.49. The van der Waals surface area contributed by atoms with Gasteiger partial charge in [-0.1, -0.05) is 64.7 Å². The molecule has 1 heterocycles. The van der Waals surface area contributed by atoms with Gasteiger partial charge in [-0.15, -0.1) is 0 Å². The molecule has 0 amide bonds. The molecule has 0 saturated carbocycles. The SMILES string of the molecule is CCCCCCCCCCCCc1cnc(-c2ccc(OCCC(C)F)cc2)nc1. The average molecular weight is 415 g/mol. The first-order valence-electron chi connectivity index (χ1n) is 11.9. The molecule has 0 aliphatic heterocycles. The van der Waals surface area contributed by atoms with Crippen molar-refractivity contribution in [2.45, 2.75) is 97.1 Å². The molecule has 0 N–H and O–H groups in total. The number of halogens is 1. The van der Waals surface area contributed by atoms with E-state index in [1.807, 2.05) is 36.7 Å². The number of unbranched alkanes of at least 4 members (excludes halogenated alkanes) is 9. The van der Waals surface area contributed by atoms with Crippen LogP contribution in [0.5, 0.6) is 5.75 Å². The Morgan fingerprint density at radius 3 is 1.97 bits per heavy atom. The summed E-state index contributed by atoms with van der Waals surface area (Å²) in [6, 6.07) is 7.68. The summed E-state index contributed by atoms with van der Waals surface area (Å²) in [6.07, 6.45) is 18.1. The van der Waals surface area contributed by atoms with Crippen LogP contribution in [0.2, 0.25) is 0 Å². The molecule has 1 unspecified atom stereocenters. The third-order valence-electron chi connectivity index (χ3n) is 5.42. The second kappa shape index (κ2) is 14.9. The van der Waals surface area contributed by atoms with Crippen LogP contribution in [-0.4, -0.2) is 22.7 Å². The predicted molar refractivity (Wildman–Crippen MR) is 124 cm³/mol. The van der Waals surface area contributed by atoms with E-state index in [1.54, 1.807) is 6.92 Å². The van der Waals surface area contributed by atoms with Gasteiger partial charge in [-0.05, 0) is 49.6 Å². The number of rotatable bonds is 16. The van der Waals surface area contributed by atoms with E-state index in [2.05, 4.69) is 16.9 Å². The van der Waals surface area contributed by atoms with Crippen molar-refractivity contribution in [1.82, 2.24) is 9.97 Å². The second-order valence-corrected chi connectivity index (χ2v) is 8.29. The number of benzene rings is 1. The number of ether oxygens (including phenoxy) is 1. The van der Waals surface area contributed by atoms with Gasteiger partial charge in [0.05, 0.1) is 6.61 Å². The third-order valence-corrected chi connectivity index (χ3v) is 5.42. The fraction of sp³-hybridized carbons (Fsp3) is 0.615. The molecule has 0 saturated heterocycles. The van der Waals surface area contributed by atoms with E-state index in [1.165, 1.54) is 69.8 Å². The van der Waals surface area contributed by atoms with Crippen LogP contribution in [0.1, 0.15) is 90.0 Å². The van der Waals surface area contributed by atoms with E-state index in [4.69, 9.17) is 4.74 Å². The van der Waals surface area contributed by atoms with Crippen molar-refractivity contribution in [1.29, 1.82) is 0 Å². The first-order valence-corrected chi connectivity index (χ1v) is 11.9. The fourth-order valence-corrected chi connectivity index (χ4v) is 3.49. The van der Waals surface area contributed by atoms with E-state index >= 15 is 0 Å². The van der Waals surface area contributed by atoms with Gasteiger partial charge in [0, 0.05) is 24.4 Å². The van der Waals surface area contributed by atoms with E-state index in [9.17, 15) is 4.39 Å². The van der Waals surface area contributed by atoms with Crippen molar-refractivity contribution in [2.24, 2.45) is 0 Å². The van der Waals surface area contributed by atoms with Gasteiger partial charge < -0.3 is 4.74 Å². The Morgan fingerprint density at radius 1 is 0.833 bits per heavy atom. The highest BCUT2D eigenvalue weighted by Gasteiger charge is 2.04. The molecule has 0 bridgehead atoms. The Hall–Kier alpha value is -1.97. The summed E-state index contributed by atoms with van der Waals surface area (Å²) < 4.78 is 18.4. The Balaban J connectivity index is 1.62. The van der Waals surface area contributed by atoms with Gasteiger partial charge in [-0.25, -0.2) is 14.4 Å². The van der Waals surface area contributed by atoms with Crippen molar-refractivity contribution < 1.29 is 9.13 Å². The molecular weight excluding hydrogens is 375 g/mol. The quantitative estimate of drug-likeness (QED) is 0.264. The summed E-state index contributed by atoms with van der Waals surface area (Å²) in [4.78, 5) is 9.05. The number of hydrogen-bond acceptors (Lipinski definition) is 3. The molecule has 0 radical (unpaired) electrons. The van der Waals surface area contributed by atoms with Gasteiger partial charge in [0.2, 0.25) is 0 Å². The van der Waals surface area contributed by atoms with E-state index in [0.29, 0.717) is 13.0 Å². The third kappa shape index (κ3) is 10.2. The second-order valence-electron chi connectivity index (χ2n) is 8.29. The lowest BCUT2D eigenvalue weighted by Crippen LogP contribution is -2.03. The Kier molecular flexibility index (Phi) is 12.1. The average Bonchev–Trinajstić information content (AvgIpc) is 2.76. The van der Waals surface area contributed by atoms with Crippen LogP contribution in [0.3, 0.4) is 0 Å². The van der Waals surface area contributed by atoms with Crippen molar-refractivity contribution in [2.75, 3.05) is 6.61 Å². The summed E-state index contributed by atoms with van der Waals surface area (Å²) in [5, 5.41) is 0. The number of hydrogen-bond donors (Lipinski definition) is 0. The predicted octanol–water partition coefficient (Wildman–Crippen LogP) is 7.73. The molecule has 1 aromatic heterocycles. The maximum atomic E-state index is 12.8. The topological polar surface area (TPSA) is 35.0 Å². The molecule has 0 spiro atoms. The van der Waals surface area contributed by atoms with Gasteiger partial charge in [-0.2, -0.15) is 0 Å². The molecule has 2 aromatic rings. The van der Waals surface area contributed by atoms with Crippen molar-refractivity contribution in [3.63, 3.8) is 0 Å². The smallest absolute Gasteiger partial charge is 0.159 e. The molecule has 2 rings (SSSR count). The monoisotopic (exact) mass is 414 g/mol. The van der Waals surface area contributed by atoms with Crippen LogP contribution in [0.25, 0.3) is 11.4 Å². The largest absolute Gasteiger partial charge is 0.493 e. The summed E-state index contributed by atoms with van der Waals surface area (Å²) in [7, 11) is 0. The molecule has 1 aromatic carbocycles. The number of aryl methyl sites for hydroxylation is 1. The molecular formula is C26H39FN2O. The van der Waals surface area contributed by atoms with Crippen LogP contribution in [0.4, 0.5) is 4.39 Å². The first-order chi connectivity index (χ1) is 14.7. The molecule has 0 aliphatic rings. The van der Waals surface area contributed by atoms with Crippen molar-refractivity contribution in [3.8, 4) is 17.1 Å². The summed E-state index contributed by atoms with van der Waals surface area (Å²) in [5.74, 6) is 1.47. The highest BCUT2D eigenvalue weighted by molar-refractivity contribution is 5.55. The Labute approximate surface area is 182 Å². The lowest BCUT2D eigenvalue weighted by molar-refractivity contribution is 0.247. The van der Waals surface area contributed by atoms with Crippen LogP contribution in [0.15, 0.2) is 36.7 Å². The number of nitrogens with zero attached hydrogens (tertiary/aromatic N) is 2. The van der Waals surface area contributed by atoms with Crippen LogP contribution >= 0.6 is 0 Å². The zero-order chi connectivity index (χ0) is 21.4. The Bertz CT molecular complexity index is 670. The van der Waals surface area contributed by atoms with Gasteiger partial charge in [0.1, 0.15) is 11.9 Å². The molecule has 3 nitrogen and oxygen atoms in total. The molecule has 4 heteroatoms. The Morgan fingerprint density at radius 2 is 1.40 bits per heavy atom. The van der Waals surface area contributed by atoms with Crippen LogP contribution in [0, 0.1) is 0 Å². The van der Waals surface area contributed by atoms with Crippen molar-refractivity contribution in [3.05, 3.63) is 42.2 Å². The van der Waals surface area contributed by atoms with E-state index in [-0.39, 0.29) is 0 Å². The molecule has 0 fully saturated rings. The van der Waals surface area contributed by atoms with E-state index in [0.717, 1.165) is 23.6 Å². The number of alkyl halides is 1. The summed E-state index contributed by atoms with van der Waals surface area (Å²) >= 11 is 0. The minimum Gasteiger partial charge on any atom is -0.493 e. The molecule has 30 heavy (non-hydrogen) atoms. The van der Waals surface area contributed by atoms with Gasteiger partial charge in [-0.3, -0.25) is 0 Å². The first kappa shape index (κ1) is 24.3. The van der Waals surface area contributed by atoms with Crippen LogP contribution < -0.4 is 4.74 Å². The molecule has 1 atom stereocenters. The van der Waals surface area contributed by atoms with Gasteiger partial charge >= 0.3 is 0 Å². The standard InChI is InChI=1S/C26H39FN2O/c1-3-4-5-6-7-8-9-10-11-12-13-23-20-28-26(29-21-23)24-14-16-25(17-15-24)30-19-18-22(2)27/h14-17,20-22H,3-13,18-19H2,1-2H3. The van der Waals surface area contributed by atoms with Crippen LogP contribution in [-0.2, 0) is 6.42 Å². The maximum absolute atomic E-state index is 12.8. The van der Waals surface area contributed by atoms with Crippen molar-refractivity contribution >= 4 is 0 Å². The summed E-state index contributed by atoms with van der Waals surface area (Å²) in [6.45, 7) is 4.20. The minimum atomic E-state index is -0.837. The zero-order valence-corrected chi connectivity index (χ0v) is 18.9. The minimum absolute atomic E-state index is 0.390. The normalized spacial score (nSPS) is 12.1. The van der Waals surface area contributed by atoms with Gasteiger partial charge in [0.25, 0.3) is 0 Å². The molecule has 0 aliphatic carbocycles. The lowest BCUT2D eigenvalue weighted by Gasteiger charge is -2.08. The van der Waals surface area contributed by atoms with Gasteiger partial charge in [0.15, 0.2) is 5.82 Å². The number of aromatic nitrogens is 2. The van der Waals surface area contributed by atoms with E-state index < -0.39 is 6.17 Å². The lowest BCUT2D eigenvalue weighted by atomic mass is 10.0. The highest BCUT2D eigenvalue weighted by atomic mass is 19.1. The highest BCUT2D eigenvalue weighted by Crippen LogP contribution is 2.20. The maximum Gasteiger partial charge on any atom is 0.159 e. The molecule has 166 valence electrons. The summed E-state index contributed by atoms with van der Waals surface area (Å²) in [5.41, 5.74) is 2.17. The zero-order valence-electron chi connectivity index (χ0n) is 18.9.